The monoisotopic (exact) mass is 257 g/mol. The molecular formula is C11H16BrNO. The van der Waals surface area contributed by atoms with Crippen LogP contribution in [0.15, 0.2) is 30.3 Å². The van der Waals surface area contributed by atoms with Crippen LogP contribution in [0.1, 0.15) is 0 Å². The molecule has 0 aliphatic carbocycles. The molecule has 1 aromatic rings. The fraction of sp³-hybridized carbons (Fsp3) is 0.455. The van der Waals surface area contributed by atoms with Crippen LogP contribution in [0.25, 0.3) is 0 Å². The first kappa shape index (κ1) is 11.5. The van der Waals surface area contributed by atoms with Crippen molar-refractivity contribution in [3.8, 4) is 5.75 Å². The van der Waals surface area contributed by atoms with Gasteiger partial charge in [0.1, 0.15) is 12.4 Å². The number of nitrogens with zero attached hydrogens (tertiary/aromatic N) is 1. The SMILES string of the molecule is CN(CCBr)CCOc1ccccc1. The second-order valence-corrected chi connectivity index (χ2v) is 3.95. The van der Waals surface area contributed by atoms with Crippen molar-refractivity contribution in [2.75, 3.05) is 32.1 Å². The smallest absolute Gasteiger partial charge is 0.119 e. The maximum absolute atomic E-state index is 5.57. The Labute approximate surface area is 94.0 Å². The zero-order chi connectivity index (χ0) is 10.2. The summed E-state index contributed by atoms with van der Waals surface area (Å²) in [6, 6.07) is 9.91. The lowest BCUT2D eigenvalue weighted by atomic mass is 10.3. The molecule has 0 saturated heterocycles. The lowest BCUT2D eigenvalue weighted by Crippen LogP contribution is -2.25. The van der Waals surface area contributed by atoms with E-state index in [1.165, 1.54) is 0 Å². The van der Waals surface area contributed by atoms with Crippen molar-refractivity contribution in [3.05, 3.63) is 30.3 Å². The molecule has 0 unspecified atom stereocenters. The largest absolute Gasteiger partial charge is 0.492 e. The molecule has 78 valence electrons. The van der Waals surface area contributed by atoms with Gasteiger partial charge in [0.2, 0.25) is 0 Å². The highest BCUT2D eigenvalue weighted by Gasteiger charge is 1.97. The van der Waals surface area contributed by atoms with Gasteiger partial charge in [0.15, 0.2) is 0 Å². The Morgan fingerprint density at radius 3 is 2.57 bits per heavy atom. The van der Waals surface area contributed by atoms with Gasteiger partial charge in [-0.25, -0.2) is 0 Å². The minimum atomic E-state index is 0.744. The molecule has 2 nitrogen and oxygen atoms in total. The predicted octanol–water partition coefficient (Wildman–Crippen LogP) is 2.39. The van der Waals surface area contributed by atoms with Crippen molar-refractivity contribution in [1.29, 1.82) is 0 Å². The van der Waals surface area contributed by atoms with Crippen molar-refractivity contribution >= 4 is 15.9 Å². The number of hydrogen-bond acceptors (Lipinski definition) is 2. The Bertz CT molecular complexity index is 240. The first-order valence-electron chi connectivity index (χ1n) is 4.75. The zero-order valence-electron chi connectivity index (χ0n) is 8.45. The fourth-order valence-corrected chi connectivity index (χ4v) is 1.70. The van der Waals surface area contributed by atoms with Crippen molar-refractivity contribution in [2.24, 2.45) is 0 Å². The Kier molecular flexibility index (Phi) is 5.64. The average molecular weight is 258 g/mol. The Hall–Kier alpha value is -0.540. The van der Waals surface area contributed by atoms with Crippen molar-refractivity contribution in [1.82, 2.24) is 4.90 Å². The van der Waals surface area contributed by atoms with Crippen molar-refractivity contribution < 1.29 is 4.74 Å². The van der Waals surface area contributed by atoms with Crippen LogP contribution >= 0.6 is 15.9 Å². The standard InChI is InChI=1S/C11H16BrNO/c1-13(8-7-12)9-10-14-11-5-3-2-4-6-11/h2-6H,7-10H2,1H3. The van der Waals surface area contributed by atoms with Crippen LogP contribution in [0.5, 0.6) is 5.75 Å². The Balaban J connectivity index is 2.16. The first-order valence-corrected chi connectivity index (χ1v) is 5.87. The molecule has 0 aliphatic rings. The summed E-state index contributed by atoms with van der Waals surface area (Å²) in [7, 11) is 2.09. The lowest BCUT2D eigenvalue weighted by molar-refractivity contribution is 0.245. The van der Waals surface area contributed by atoms with Gasteiger partial charge < -0.3 is 9.64 Å². The highest BCUT2D eigenvalue weighted by Crippen LogP contribution is 2.07. The normalized spacial score (nSPS) is 10.5. The molecule has 0 spiro atoms. The highest BCUT2D eigenvalue weighted by atomic mass is 79.9. The van der Waals surface area contributed by atoms with E-state index in [1.807, 2.05) is 30.3 Å². The molecule has 0 bridgehead atoms. The maximum atomic E-state index is 5.57. The summed E-state index contributed by atoms with van der Waals surface area (Å²) < 4.78 is 5.57. The van der Waals surface area contributed by atoms with E-state index in [2.05, 4.69) is 27.9 Å². The molecule has 1 rings (SSSR count). The molecule has 0 radical (unpaired) electrons. The molecule has 1 aromatic carbocycles. The fourth-order valence-electron chi connectivity index (χ4n) is 1.09. The van der Waals surface area contributed by atoms with Gasteiger partial charge in [-0.2, -0.15) is 0 Å². The molecule has 0 atom stereocenters. The van der Waals surface area contributed by atoms with E-state index in [9.17, 15) is 0 Å². The third-order valence-electron chi connectivity index (χ3n) is 1.95. The first-order chi connectivity index (χ1) is 6.83. The third-order valence-corrected chi connectivity index (χ3v) is 2.31. The Morgan fingerprint density at radius 2 is 1.93 bits per heavy atom. The van der Waals surface area contributed by atoms with Gasteiger partial charge >= 0.3 is 0 Å². The van der Waals surface area contributed by atoms with Crippen molar-refractivity contribution in [3.63, 3.8) is 0 Å². The number of benzene rings is 1. The van der Waals surface area contributed by atoms with Gasteiger partial charge in [-0.3, -0.25) is 0 Å². The average Bonchev–Trinajstić information content (AvgIpc) is 2.20. The van der Waals surface area contributed by atoms with Gasteiger partial charge in [0.25, 0.3) is 0 Å². The number of alkyl halides is 1. The number of ether oxygens (including phenoxy) is 1. The molecule has 0 heterocycles. The molecule has 0 aromatic heterocycles. The minimum Gasteiger partial charge on any atom is -0.492 e. The topological polar surface area (TPSA) is 12.5 Å². The second-order valence-electron chi connectivity index (χ2n) is 3.15. The molecule has 0 fully saturated rings. The van der Waals surface area contributed by atoms with E-state index >= 15 is 0 Å². The summed E-state index contributed by atoms with van der Waals surface area (Å²) in [6.45, 7) is 2.76. The predicted molar refractivity (Wildman–Crippen MR) is 63.2 cm³/mol. The molecule has 0 aliphatic heterocycles. The van der Waals surface area contributed by atoms with Gasteiger partial charge in [0, 0.05) is 18.4 Å². The van der Waals surface area contributed by atoms with Crippen LogP contribution in [0.3, 0.4) is 0 Å². The molecular weight excluding hydrogens is 242 g/mol. The van der Waals surface area contributed by atoms with Crippen LogP contribution in [0.4, 0.5) is 0 Å². The van der Waals surface area contributed by atoms with E-state index in [0.717, 1.165) is 30.8 Å². The number of halogens is 1. The molecule has 0 amide bonds. The Morgan fingerprint density at radius 1 is 1.21 bits per heavy atom. The maximum Gasteiger partial charge on any atom is 0.119 e. The minimum absolute atomic E-state index is 0.744. The van der Waals surface area contributed by atoms with Gasteiger partial charge in [-0.15, -0.1) is 0 Å². The van der Waals surface area contributed by atoms with Crippen LogP contribution in [0, 0.1) is 0 Å². The summed E-state index contributed by atoms with van der Waals surface area (Å²) in [6.07, 6.45) is 0. The van der Waals surface area contributed by atoms with Gasteiger partial charge in [-0.1, -0.05) is 34.1 Å². The zero-order valence-corrected chi connectivity index (χ0v) is 10.0. The van der Waals surface area contributed by atoms with Crippen LogP contribution < -0.4 is 4.74 Å². The highest BCUT2D eigenvalue weighted by molar-refractivity contribution is 9.09. The van der Waals surface area contributed by atoms with Crippen molar-refractivity contribution in [2.45, 2.75) is 0 Å². The summed E-state index contributed by atoms with van der Waals surface area (Å²) in [5.41, 5.74) is 0. The van der Waals surface area contributed by atoms with Crippen LogP contribution in [0.2, 0.25) is 0 Å². The van der Waals surface area contributed by atoms with E-state index in [0.29, 0.717) is 0 Å². The summed E-state index contributed by atoms with van der Waals surface area (Å²) in [5, 5.41) is 1.01. The number of rotatable bonds is 6. The number of likely N-dealkylation sites (N-methyl/N-ethyl adjacent to an activating group) is 1. The third kappa shape index (κ3) is 4.63. The molecule has 14 heavy (non-hydrogen) atoms. The summed E-state index contributed by atoms with van der Waals surface area (Å²) >= 11 is 3.40. The molecule has 0 N–H and O–H groups in total. The number of hydrogen-bond donors (Lipinski definition) is 0. The summed E-state index contributed by atoms with van der Waals surface area (Å²) in [5.74, 6) is 0.944. The van der Waals surface area contributed by atoms with E-state index in [1.54, 1.807) is 0 Å². The van der Waals surface area contributed by atoms with E-state index < -0.39 is 0 Å². The van der Waals surface area contributed by atoms with E-state index in [4.69, 9.17) is 4.74 Å². The van der Waals surface area contributed by atoms with Gasteiger partial charge in [0.05, 0.1) is 0 Å². The second kappa shape index (κ2) is 6.85. The molecule has 3 heteroatoms. The quantitative estimate of drug-likeness (QED) is 0.726. The lowest BCUT2D eigenvalue weighted by Gasteiger charge is -2.15. The van der Waals surface area contributed by atoms with E-state index in [-0.39, 0.29) is 0 Å². The van der Waals surface area contributed by atoms with Crippen LogP contribution in [-0.4, -0.2) is 37.0 Å². The number of para-hydroxylation sites is 1. The molecule has 0 saturated carbocycles. The van der Waals surface area contributed by atoms with Crippen LogP contribution in [-0.2, 0) is 0 Å². The van der Waals surface area contributed by atoms with Gasteiger partial charge in [-0.05, 0) is 19.2 Å². The summed E-state index contributed by atoms with van der Waals surface area (Å²) in [4.78, 5) is 2.23.